The van der Waals surface area contributed by atoms with Crippen molar-refractivity contribution in [3.63, 3.8) is 0 Å². The van der Waals surface area contributed by atoms with Gasteiger partial charge in [0.2, 0.25) is 5.91 Å². The monoisotopic (exact) mass is 390 g/mol. The van der Waals surface area contributed by atoms with Crippen LogP contribution >= 0.6 is 11.3 Å². The first-order chi connectivity index (χ1) is 13.1. The molecule has 2 amide bonds. The number of rotatable bonds is 4. The Labute approximate surface area is 165 Å². The molecule has 3 aliphatic rings. The van der Waals surface area contributed by atoms with Crippen molar-refractivity contribution in [2.45, 2.75) is 58.0 Å². The van der Waals surface area contributed by atoms with Crippen molar-refractivity contribution < 1.29 is 14.3 Å². The molecule has 3 aliphatic heterocycles. The average molecular weight is 391 g/mol. The smallest absolute Gasteiger partial charge is 0.263 e. The number of likely N-dealkylation sites (tertiary alicyclic amines) is 2. The first-order valence-electron chi connectivity index (χ1n) is 10.4. The molecule has 5 nitrogen and oxygen atoms in total. The number of carbonyl (C=O) groups excluding carboxylic acids is 2. The van der Waals surface area contributed by atoms with Gasteiger partial charge in [-0.3, -0.25) is 9.59 Å². The van der Waals surface area contributed by atoms with E-state index in [-0.39, 0.29) is 23.3 Å². The first-order valence-corrected chi connectivity index (χ1v) is 11.2. The summed E-state index contributed by atoms with van der Waals surface area (Å²) >= 11 is 1.62. The molecule has 0 aromatic carbocycles. The highest BCUT2D eigenvalue weighted by Crippen LogP contribution is 2.41. The minimum absolute atomic E-state index is 0.178. The second-order valence-electron chi connectivity index (χ2n) is 8.32. The van der Waals surface area contributed by atoms with E-state index in [1.807, 2.05) is 15.9 Å². The Morgan fingerprint density at radius 2 is 2.11 bits per heavy atom. The standard InChI is InChI=1S/C21H30N2O3S/c1-2-17-5-6-18(27-17)20(25)22-11-9-21(10-12-22)8-7-19(24)23(15-21)14-16-4-3-13-26-16/h5-6,16H,2-4,7-15H2,1H3. The quantitative estimate of drug-likeness (QED) is 0.792. The minimum atomic E-state index is 0.178. The number of thiophene rings is 1. The maximum atomic E-state index is 12.8. The van der Waals surface area contributed by atoms with Gasteiger partial charge in [-0.05, 0) is 56.1 Å². The van der Waals surface area contributed by atoms with Crippen LogP contribution in [0.4, 0.5) is 0 Å². The summed E-state index contributed by atoms with van der Waals surface area (Å²) in [4.78, 5) is 31.4. The molecule has 0 bridgehead atoms. The van der Waals surface area contributed by atoms with Gasteiger partial charge in [0.15, 0.2) is 0 Å². The van der Waals surface area contributed by atoms with Crippen LogP contribution in [-0.4, -0.2) is 60.5 Å². The van der Waals surface area contributed by atoms with Crippen molar-refractivity contribution in [1.29, 1.82) is 0 Å². The number of amides is 2. The molecule has 1 spiro atoms. The van der Waals surface area contributed by atoms with E-state index in [1.165, 1.54) is 4.88 Å². The number of hydrogen-bond donors (Lipinski definition) is 0. The highest BCUT2D eigenvalue weighted by Gasteiger charge is 2.42. The van der Waals surface area contributed by atoms with Crippen LogP contribution in [0, 0.1) is 5.41 Å². The van der Waals surface area contributed by atoms with E-state index in [1.54, 1.807) is 11.3 Å². The van der Waals surface area contributed by atoms with Crippen molar-refractivity contribution >= 4 is 23.2 Å². The number of carbonyl (C=O) groups is 2. The second-order valence-corrected chi connectivity index (χ2v) is 9.49. The summed E-state index contributed by atoms with van der Waals surface area (Å²) in [6.07, 6.45) is 6.99. The summed E-state index contributed by atoms with van der Waals surface area (Å²) in [6.45, 7) is 6.15. The lowest BCUT2D eigenvalue weighted by Crippen LogP contribution is -2.53. The molecule has 27 heavy (non-hydrogen) atoms. The van der Waals surface area contributed by atoms with Crippen LogP contribution in [0.25, 0.3) is 0 Å². The van der Waals surface area contributed by atoms with Crippen molar-refractivity contribution in [2.75, 3.05) is 32.8 Å². The van der Waals surface area contributed by atoms with Crippen LogP contribution in [-0.2, 0) is 16.0 Å². The van der Waals surface area contributed by atoms with Crippen LogP contribution in [0.15, 0.2) is 12.1 Å². The fourth-order valence-electron chi connectivity index (χ4n) is 4.73. The van der Waals surface area contributed by atoms with Crippen LogP contribution < -0.4 is 0 Å². The summed E-state index contributed by atoms with van der Waals surface area (Å²) < 4.78 is 5.74. The number of ether oxygens (including phenoxy) is 1. The lowest BCUT2D eigenvalue weighted by Gasteiger charge is -2.47. The third-order valence-electron chi connectivity index (χ3n) is 6.53. The molecule has 1 unspecified atom stereocenters. The fourth-order valence-corrected chi connectivity index (χ4v) is 5.65. The van der Waals surface area contributed by atoms with Gasteiger partial charge in [0.1, 0.15) is 0 Å². The van der Waals surface area contributed by atoms with E-state index in [0.717, 1.165) is 76.2 Å². The van der Waals surface area contributed by atoms with E-state index in [4.69, 9.17) is 4.74 Å². The molecule has 3 saturated heterocycles. The maximum Gasteiger partial charge on any atom is 0.263 e. The lowest BCUT2D eigenvalue weighted by atomic mass is 9.72. The first kappa shape index (κ1) is 18.9. The highest BCUT2D eigenvalue weighted by atomic mass is 32.1. The predicted octanol–water partition coefficient (Wildman–Crippen LogP) is 3.33. The largest absolute Gasteiger partial charge is 0.376 e. The average Bonchev–Trinajstić information content (AvgIpc) is 3.37. The van der Waals surface area contributed by atoms with E-state index in [2.05, 4.69) is 13.0 Å². The molecule has 4 rings (SSSR count). The molecule has 1 aromatic heterocycles. The summed E-state index contributed by atoms with van der Waals surface area (Å²) in [7, 11) is 0. The third kappa shape index (κ3) is 4.06. The van der Waals surface area contributed by atoms with Crippen molar-refractivity contribution in [1.82, 2.24) is 9.80 Å². The molecule has 0 aliphatic carbocycles. The highest BCUT2D eigenvalue weighted by molar-refractivity contribution is 7.14. The minimum Gasteiger partial charge on any atom is -0.376 e. The second kappa shape index (κ2) is 7.92. The molecule has 0 saturated carbocycles. The Bertz CT molecular complexity index is 687. The normalized spacial score (nSPS) is 25.4. The Kier molecular flexibility index (Phi) is 5.55. The molecule has 1 aromatic rings. The van der Waals surface area contributed by atoms with E-state index >= 15 is 0 Å². The molecular formula is C21H30N2O3S. The maximum absolute atomic E-state index is 12.8. The molecule has 3 fully saturated rings. The van der Waals surface area contributed by atoms with E-state index in [0.29, 0.717) is 6.42 Å². The van der Waals surface area contributed by atoms with Crippen LogP contribution in [0.3, 0.4) is 0 Å². The SMILES string of the molecule is CCc1ccc(C(=O)N2CCC3(CCC(=O)N(CC4CCCO4)C3)CC2)s1. The topological polar surface area (TPSA) is 49.9 Å². The van der Waals surface area contributed by atoms with Gasteiger partial charge in [-0.2, -0.15) is 0 Å². The van der Waals surface area contributed by atoms with Crippen molar-refractivity contribution in [2.24, 2.45) is 5.41 Å². The van der Waals surface area contributed by atoms with Gasteiger partial charge in [-0.25, -0.2) is 0 Å². The molecule has 6 heteroatoms. The predicted molar refractivity (Wildman–Crippen MR) is 106 cm³/mol. The van der Waals surface area contributed by atoms with Crippen molar-refractivity contribution in [3.05, 3.63) is 21.9 Å². The third-order valence-corrected chi connectivity index (χ3v) is 7.75. The molecule has 148 valence electrons. The van der Waals surface area contributed by atoms with E-state index < -0.39 is 0 Å². The summed E-state index contributed by atoms with van der Waals surface area (Å²) in [5.74, 6) is 0.456. The van der Waals surface area contributed by atoms with Gasteiger partial charge in [0.05, 0.1) is 11.0 Å². The lowest BCUT2D eigenvalue weighted by molar-refractivity contribution is -0.141. The van der Waals surface area contributed by atoms with Gasteiger partial charge in [0, 0.05) is 44.1 Å². The zero-order valence-electron chi connectivity index (χ0n) is 16.2. The number of aryl methyl sites for hydroxylation is 1. The summed E-state index contributed by atoms with van der Waals surface area (Å²) in [5, 5.41) is 0. The van der Waals surface area contributed by atoms with Gasteiger partial charge in [0.25, 0.3) is 5.91 Å². The summed E-state index contributed by atoms with van der Waals surface area (Å²) in [6, 6.07) is 4.04. The fraction of sp³-hybridized carbons (Fsp3) is 0.714. The Morgan fingerprint density at radius 1 is 1.30 bits per heavy atom. The molecule has 0 N–H and O–H groups in total. The molecule has 1 atom stereocenters. The summed E-state index contributed by atoms with van der Waals surface area (Å²) in [5.41, 5.74) is 0.188. The van der Waals surface area contributed by atoms with Gasteiger partial charge in [-0.15, -0.1) is 11.3 Å². The van der Waals surface area contributed by atoms with Crippen LogP contribution in [0.2, 0.25) is 0 Å². The zero-order chi connectivity index (χ0) is 18.9. The van der Waals surface area contributed by atoms with Crippen molar-refractivity contribution in [3.8, 4) is 0 Å². The molecular weight excluding hydrogens is 360 g/mol. The Morgan fingerprint density at radius 3 is 2.78 bits per heavy atom. The number of nitrogens with zero attached hydrogens (tertiary/aromatic N) is 2. The van der Waals surface area contributed by atoms with E-state index in [9.17, 15) is 9.59 Å². The number of piperidine rings is 2. The van der Waals surface area contributed by atoms with Gasteiger partial charge in [-0.1, -0.05) is 6.92 Å². The van der Waals surface area contributed by atoms with Crippen LogP contribution in [0.1, 0.15) is 60.0 Å². The number of hydrogen-bond acceptors (Lipinski definition) is 4. The Balaban J connectivity index is 1.35. The zero-order valence-corrected chi connectivity index (χ0v) is 17.1. The molecule has 0 radical (unpaired) electrons. The van der Waals surface area contributed by atoms with Gasteiger partial charge < -0.3 is 14.5 Å². The Hall–Kier alpha value is -1.40. The van der Waals surface area contributed by atoms with Crippen LogP contribution in [0.5, 0.6) is 0 Å². The molecule has 4 heterocycles. The van der Waals surface area contributed by atoms with Gasteiger partial charge >= 0.3 is 0 Å².